The molecule has 0 aromatic heterocycles. The van der Waals surface area contributed by atoms with Gasteiger partial charge in [-0.1, -0.05) is 29.8 Å². The second-order valence-electron chi connectivity index (χ2n) is 4.40. The fourth-order valence-corrected chi connectivity index (χ4v) is 3.49. The molecule has 0 unspecified atom stereocenters. The summed E-state index contributed by atoms with van der Waals surface area (Å²) in [5.74, 6) is -0.759. The molecule has 0 radical (unpaired) electrons. The van der Waals surface area contributed by atoms with Crippen LogP contribution < -0.4 is 4.72 Å². The molecular formula is C14H13ClFNO3S. The van der Waals surface area contributed by atoms with E-state index in [1.165, 1.54) is 24.3 Å². The summed E-state index contributed by atoms with van der Waals surface area (Å²) in [6.45, 7) is 1.08. The number of anilines is 1. The third-order valence-electron chi connectivity index (χ3n) is 3.01. The molecule has 4 nitrogen and oxygen atoms in total. The zero-order valence-corrected chi connectivity index (χ0v) is 12.7. The molecule has 0 amide bonds. The number of hydrogen-bond donors (Lipinski definition) is 2. The summed E-state index contributed by atoms with van der Waals surface area (Å²) in [5.41, 5.74) is 0.256. The van der Waals surface area contributed by atoms with Crippen LogP contribution in [0.15, 0.2) is 41.3 Å². The summed E-state index contributed by atoms with van der Waals surface area (Å²) in [5, 5.41) is 9.49. The van der Waals surface area contributed by atoms with Crippen LogP contribution in [0.1, 0.15) is 11.1 Å². The van der Waals surface area contributed by atoms with Crippen molar-refractivity contribution >= 4 is 27.3 Å². The Hall–Kier alpha value is -1.63. The summed E-state index contributed by atoms with van der Waals surface area (Å²) in [7, 11) is -4.01. The average Bonchev–Trinajstić information content (AvgIpc) is 2.43. The third kappa shape index (κ3) is 3.18. The molecule has 0 atom stereocenters. The number of sulfonamides is 1. The minimum atomic E-state index is -4.01. The normalized spacial score (nSPS) is 11.4. The molecule has 21 heavy (non-hydrogen) atoms. The molecule has 2 aromatic rings. The first-order chi connectivity index (χ1) is 9.86. The molecule has 0 saturated heterocycles. The molecule has 2 rings (SSSR count). The second kappa shape index (κ2) is 6.01. The standard InChI is InChI=1S/C14H13ClFNO3S/c1-9-11(15)5-3-7-13(9)21(19,20)17-14-10(8-18)4-2-6-12(14)16/h2-7,17-18H,8H2,1H3. The zero-order chi connectivity index (χ0) is 15.6. The lowest BCUT2D eigenvalue weighted by molar-refractivity contribution is 0.282. The van der Waals surface area contributed by atoms with Crippen molar-refractivity contribution in [2.24, 2.45) is 0 Å². The van der Waals surface area contributed by atoms with Crippen LogP contribution in [0.4, 0.5) is 10.1 Å². The van der Waals surface area contributed by atoms with E-state index in [9.17, 15) is 17.9 Å². The van der Waals surface area contributed by atoms with Gasteiger partial charge in [-0.3, -0.25) is 4.72 Å². The number of hydrogen-bond acceptors (Lipinski definition) is 3. The molecule has 0 aliphatic carbocycles. The van der Waals surface area contributed by atoms with E-state index in [1.807, 2.05) is 0 Å². The molecule has 112 valence electrons. The third-order valence-corrected chi connectivity index (χ3v) is 4.92. The number of nitrogens with one attached hydrogen (secondary N) is 1. The van der Waals surface area contributed by atoms with E-state index in [1.54, 1.807) is 13.0 Å². The first kappa shape index (κ1) is 15.8. The van der Waals surface area contributed by atoms with Crippen LogP contribution in [0.25, 0.3) is 0 Å². The van der Waals surface area contributed by atoms with E-state index in [-0.39, 0.29) is 16.1 Å². The van der Waals surface area contributed by atoms with Crippen LogP contribution in [0, 0.1) is 12.7 Å². The van der Waals surface area contributed by atoms with Gasteiger partial charge in [-0.2, -0.15) is 0 Å². The molecular weight excluding hydrogens is 317 g/mol. The molecule has 0 fully saturated rings. The van der Waals surface area contributed by atoms with E-state index < -0.39 is 22.4 Å². The van der Waals surface area contributed by atoms with Crippen LogP contribution in [0.3, 0.4) is 0 Å². The Labute approximate surface area is 127 Å². The van der Waals surface area contributed by atoms with Crippen molar-refractivity contribution in [1.82, 2.24) is 0 Å². The lowest BCUT2D eigenvalue weighted by Gasteiger charge is -2.14. The van der Waals surface area contributed by atoms with Gasteiger partial charge >= 0.3 is 0 Å². The van der Waals surface area contributed by atoms with Gasteiger partial charge in [0.05, 0.1) is 17.2 Å². The van der Waals surface area contributed by atoms with Gasteiger partial charge in [0.15, 0.2) is 0 Å². The minimum Gasteiger partial charge on any atom is -0.392 e. The van der Waals surface area contributed by atoms with Gasteiger partial charge < -0.3 is 5.11 Å². The van der Waals surface area contributed by atoms with Gasteiger partial charge in [-0.05, 0) is 30.7 Å². The van der Waals surface area contributed by atoms with Gasteiger partial charge in [-0.25, -0.2) is 12.8 Å². The fraction of sp³-hybridized carbons (Fsp3) is 0.143. The molecule has 0 spiro atoms. The largest absolute Gasteiger partial charge is 0.392 e. The van der Waals surface area contributed by atoms with Crippen molar-refractivity contribution in [3.8, 4) is 0 Å². The Morgan fingerprint density at radius 1 is 1.24 bits per heavy atom. The van der Waals surface area contributed by atoms with Crippen LogP contribution in [-0.2, 0) is 16.6 Å². The van der Waals surface area contributed by atoms with Crippen molar-refractivity contribution in [1.29, 1.82) is 0 Å². The molecule has 0 bridgehead atoms. The maximum Gasteiger partial charge on any atom is 0.262 e. The lowest BCUT2D eigenvalue weighted by Crippen LogP contribution is -2.16. The van der Waals surface area contributed by atoms with Gasteiger partial charge in [0.1, 0.15) is 5.82 Å². The zero-order valence-electron chi connectivity index (χ0n) is 11.1. The fourth-order valence-electron chi connectivity index (χ4n) is 1.88. The summed E-state index contributed by atoms with van der Waals surface area (Å²) in [6, 6.07) is 8.39. The predicted octanol–water partition coefficient (Wildman–Crippen LogP) is 3.08. The monoisotopic (exact) mass is 329 g/mol. The maximum atomic E-state index is 13.8. The molecule has 0 aliphatic rings. The van der Waals surface area contributed by atoms with E-state index >= 15 is 0 Å². The van der Waals surface area contributed by atoms with Crippen molar-refractivity contribution in [3.63, 3.8) is 0 Å². The second-order valence-corrected chi connectivity index (χ2v) is 6.46. The molecule has 0 saturated carbocycles. The van der Waals surface area contributed by atoms with E-state index in [0.29, 0.717) is 10.6 Å². The van der Waals surface area contributed by atoms with Crippen LogP contribution >= 0.6 is 11.6 Å². The van der Waals surface area contributed by atoms with Crippen LogP contribution in [0.2, 0.25) is 5.02 Å². The van der Waals surface area contributed by atoms with Crippen LogP contribution in [0.5, 0.6) is 0 Å². The smallest absolute Gasteiger partial charge is 0.262 e. The summed E-state index contributed by atoms with van der Waals surface area (Å²) in [6.07, 6.45) is 0. The first-order valence-electron chi connectivity index (χ1n) is 6.03. The quantitative estimate of drug-likeness (QED) is 0.906. The van der Waals surface area contributed by atoms with E-state index in [4.69, 9.17) is 11.6 Å². The van der Waals surface area contributed by atoms with Gasteiger partial charge in [0, 0.05) is 10.6 Å². The molecule has 2 N–H and O–H groups in total. The topological polar surface area (TPSA) is 66.4 Å². The van der Waals surface area contributed by atoms with E-state index in [0.717, 1.165) is 6.07 Å². The highest BCUT2D eigenvalue weighted by Gasteiger charge is 2.21. The average molecular weight is 330 g/mol. The highest BCUT2D eigenvalue weighted by Crippen LogP contribution is 2.27. The number of halogens is 2. The Bertz CT molecular complexity index is 778. The molecule has 7 heteroatoms. The van der Waals surface area contributed by atoms with Gasteiger partial charge in [0.25, 0.3) is 10.0 Å². The highest BCUT2D eigenvalue weighted by atomic mass is 35.5. The minimum absolute atomic E-state index is 0.0397. The Balaban J connectivity index is 2.50. The molecule has 2 aromatic carbocycles. The lowest BCUT2D eigenvalue weighted by atomic mass is 10.2. The Morgan fingerprint density at radius 2 is 1.90 bits per heavy atom. The van der Waals surface area contributed by atoms with E-state index in [2.05, 4.69) is 4.72 Å². The Morgan fingerprint density at radius 3 is 2.57 bits per heavy atom. The van der Waals surface area contributed by atoms with Crippen molar-refractivity contribution in [2.75, 3.05) is 4.72 Å². The number of aliphatic hydroxyl groups excluding tert-OH is 1. The van der Waals surface area contributed by atoms with Gasteiger partial charge in [0.2, 0.25) is 0 Å². The van der Waals surface area contributed by atoms with Gasteiger partial charge in [-0.15, -0.1) is 0 Å². The van der Waals surface area contributed by atoms with Crippen molar-refractivity contribution < 1.29 is 17.9 Å². The van der Waals surface area contributed by atoms with Crippen molar-refractivity contribution in [3.05, 3.63) is 58.4 Å². The number of benzene rings is 2. The summed E-state index contributed by atoms with van der Waals surface area (Å²) < 4.78 is 40.7. The Kier molecular flexibility index (Phi) is 4.51. The first-order valence-corrected chi connectivity index (χ1v) is 7.89. The number of aliphatic hydroxyl groups is 1. The summed E-state index contributed by atoms with van der Waals surface area (Å²) >= 11 is 5.91. The number of para-hydroxylation sites is 1. The highest BCUT2D eigenvalue weighted by molar-refractivity contribution is 7.92. The molecule has 0 heterocycles. The van der Waals surface area contributed by atoms with Crippen LogP contribution in [-0.4, -0.2) is 13.5 Å². The molecule has 0 aliphatic heterocycles. The SMILES string of the molecule is Cc1c(Cl)cccc1S(=O)(=O)Nc1c(F)cccc1CO. The predicted molar refractivity (Wildman–Crippen MR) is 79.3 cm³/mol. The van der Waals surface area contributed by atoms with Crippen molar-refractivity contribution in [2.45, 2.75) is 18.4 Å². The maximum absolute atomic E-state index is 13.8. The number of rotatable bonds is 4. The summed E-state index contributed by atoms with van der Waals surface area (Å²) in [4.78, 5) is -0.0397.